The van der Waals surface area contributed by atoms with Crippen molar-refractivity contribution in [2.75, 3.05) is 25.9 Å². The summed E-state index contributed by atoms with van der Waals surface area (Å²) in [7, 11) is 1.41. The van der Waals surface area contributed by atoms with Crippen LogP contribution in [0.3, 0.4) is 0 Å². The second-order valence-corrected chi connectivity index (χ2v) is 8.69. The molecule has 1 aliphatic heterocycles. The molecule has 1 spiro atoms. The second-order valence-electron chi connectivity index (χ2n) is 8.29. The van der Waals surface area contributed by atoms with E-state index >= 15 is 0 Å². The fourth-order valence-corrected chi connectivity index (χ4v) is 4.81. The van der Waals surface area contributed by atoms with E-state index < -0.39 is 22.7 Å². The molecule has 1 aromatic carbocycles. The van der Waals surface area contributed by atoms with Crippen LogP contribution in [0.15, 0.2) is 30.9 Å². The number of nitrogen functional groups attached to an aromatic ring is 1. The number of anilines is 1. The van der Waals surface area contributed by atoms with Crippen LogP contribution in [-0.2, 0) is 11.0 Å². The molecule has 0 unspecified atom stereocenters. The van der Waals surface area contributed by atoms with E-state index in [1.165, 1.54) is 23.9 Å². The van der Waals surface area contributed by atoms with E-state index in [1.807, 2.05) is 0 Å². The molecule has 2 fully saturated rings. The first kappa shape index (κ1) is 24.6. The average molecular weight is 484 g/mol. The quantitative estimate of drug-likeness (QED) is 0.639. The summed E-state index contributed by atoms with van der Waals surface area (Å²) >= 11 is 5.73. The molecule has 2 heterocycles. The van der Waals surface area contributed by atoms with Gasteiger partial charge >= 0.3 is 6.18 Å². The van der Waals surface area contributed by atoms with Crippen LogP contribution in [0.25, 0.3) is 11.3 Å². The Bertz CT molecular complexity index is 1110. The summed E-state index contributed by atoms with van der Waals surface area (Å²) in [5.74, 6) is -0.584. The van der Waals surface area contributed by atoms with E-state index in [-0.39, 0.29) is 47.4 Å². The Morgan fingerprint density at radius 2 is 1.97 bits per heavy atom. The molecule has 3 N–H and O–H groups in total. The van der Waals surface area contributed by atoms with Gasteiger partial charge in [0.2, 0.25) is 5.91 Å². The number of carbonyl (C=O) groups is 2. The Kier molecular flexibility index (Phi) is 6.27. The zero-order valence-electron chi connectivity index (χ0n) is 17.2. The lowest BCUT2D eigenvalue weighted by Crippen LogP contribution is -2.63. The summed E-state index contributed by atoms with van der Waals surface area (Å²) in [5.41, 5.74) is 5.36. The lowest BCUT2D eigenvalue weighted by Gasteiger charge is -2.58. The first-order valence-electron chi connectivity index (χ1n) is 9.88. The molecular formula is C22H25ClF3N5O2. The number of carbonyl (C=O) groups excluding carboxylic acids is 2. The van der Waals surface area contributed by atoms with E-state index in [9.17, 15) is 22.8 Å². The zero-order chi connectivity index (χ0) is 23.4. The standard InChI is InChI=1S/C21H21ClF3N5O2.CH4/c1-3-15(31)29-9-20(10-29)7-12(8-20)30-18(26)16(19(32)27-2)17(28-30)11-4-5-14(22)13(6-11)21(23,24)25;/h3-6,12H,1,7-10,26H2,2H3,(H,27,32);1H4. The minimum atomic E-state index is -4.66. The van der Waals surface area contributed by atoms with Crippen molar-refractivity contribution in [2.45, 2.75) is 32.5 Å². The number of hydrogen-bond donors (Lipinski definition) is 2. The maximum absolute atomic E-state index is 13.3. The van der Waals surface area contributed by atoms with Gasteiger partial charge in [-0.2, -0.15) is 18.3 Å². The molecule has 4 rings (SSSR count). The van der Waals surface area contributed by atoms with Gasteiger partial charge in [-0.3, -0.25) is 9.59 Å². The van der Waals surface area contributed by atoms with Gasteiger partial charge in [-0.25, -0.2) is 4.68 Å². The van der Waals surface area contributed by atoms with E-state index in [0.717, 1.165) is 12.1 Å². The number of alkyl halides is 3. The Hall–Kier alpha value is -3.01. The predicted molar refractivity (Wildman–Crippen MR) is 120 cm³/mol. The average Bonchev–Trinajstić information content (AvgIpc) is 3.01. The van der Waals surface area contributed by atoms with Gasteiger partial charge in [0.1, 0.15) is 17.1 Å². The third kappa shape index (κ3) is 4.07. The van der Waals surface area contributed by atoms with Crippen LogP contribution in [0.1, 0.15) is 42.2 Å². The van der Waals surface area contributed by atoms with E-state index in [0.29, 0.717) is 25.9 Å². The summed E-state index contributed by atoms with van der Waals surface area (Å²) < 4.78 is 41.5. The number of nitrogens with zero attached hydrogens (tertiary/aromatic N) is 3. The number of aromatic nitrogens is 2. The van der Waals surface area contributed by atoms with Gasteiger partial charge in [0.25, 0.3) is 5.91 Å². The number of nitrogens with two attached hydrogens (primary N) is 1. The minimum Gasteiger partial charge on any atom is -0.383 e. The monoisotopic (exact) mass is 483 g/mol. The van der Waals surface area contributed by atoms with Crippen molar-refractivity contribution >= 4 is 29.2 Å². The fourth-order valence-electron chi connectivity index (χ4n) is 4.59. The van der Waals surface area contributed by atoms with Crippen molar-refractivity contribution in [3.63, 3.8) is 0 Å². The number of nitrogens with one attached hydrogen (secondary N) is 1. The van der Waals surface area contributed by atoms with E-state index in [2.05, 4.69) is 17.0 Å². The number of rotatable bonds is 4. The van der Waals surface area contributed by atoms with E-state index in [1.54, 1.807) is 4.90 Å². The molecule has 0 atom stereocenters. The Morgan fingerprint density at radius 1 is 1.33 bits per heavy atom. The molecule has 33 heavy (non-hydrogen) atoms. The fraction of sp³-hybridized carbons (Fsp3) is 0.409. The predicted octanol–water partition coefficient (Wildman–Crippen LogP) is 4.15. The number of benzene rings is 1. The van der Waals surface area contributed by atoms with Crippen molar-refractivity contribution in [3.05, 3.63) is 47.0 Å². The van der Waals surface area contributed by atoms with Gasteiger partial charge in [-0.1, -0.05) is 31.7 Å². The normalized spacial score (nSPS) is 17.1. The topological polar surface area (TPSA) is 93.2 Å². The first-order chi connectivity index (χ1) is 15.0. The number of halogens is 4. The molecular weight excluding hydrogens is 459 g/mol. The molecule has 2 amide bonds. The van der Waals surface area contributed by atoms with Crippen LogP contribution in [0.2, 0.25) is 5.02 Å². The largest absolute Gasteiger partial charge is 0.417 e. The molecule has 1 saturated carbocycles. The van der Waals surface area contributed by atoms with Crippen LogP contribution in [-0.4, -0.2) is 46.6 Å². The van der Waals surface area contributed by atoms with Gasteiger partial charge in [0.05, 0.1) is 16.6 Å². The molecule has 11 heteroatoms. The lowest BCUT2D eigenvalue weighted by atomic mass is 9.60. The van der Waals surface area contributed by atoms with Crippen LogP contribution >= 0.6 is 11.6 Å². The highest BCUT2D eigenvalue weighted by atomic mass is 35.5. The van der Waals surface area contributed by atoms with Gasteiger partial charge in [-0.05, 0) is 31.1 Å². The molecule has 2 aliphatic rings. The molecule has 0 bridgehead atoms. The summed E-state index contributed by atoms with van der Waals surface area (Å²) in [6.45, 7) is 4.70. The van der Waals surface area contributed by atoms with Crippen LogP contribution in [0.4, 0.5) is 19.0 Å². The Balaban J connectivity index is 0.00000306. The van der Waals surface area contributed by atoms with Crippen LogP contribution in [0, 0.1) is 5.41 Å². The van der Waals surface area contributed by atoms with Crippen LogP contribution < -0.4 is 11.1 Å². The van der Waals surface area contributed by atoms with Crippen LogP contribution in [0.5, 0.6) is 0 Å². The molecule has 1 saturated heterocycles. The number of amides is 2. The highest BCUT2D eigenvalue weighted by Gasteiger charge is 2.54. The Labute approximate surface area is 194 Å². The van der Waals surface area contributed by atoms with Crippen molar-refractivity contribution in [1.29, 1.82) is 0 Å². The molecule has 2 aromatic rings. The van der Waals surface area contributed by atoms with Gasteiger partial charge < -0.3 is 16.0 Å². The first-order valence-corrected chi connectivity index (χ1v) is 10.3. The van der Waals surface area contributed by atoms with Gasteiger partial charge in [0.15, 0.2) is 0 Å². The Morgan fingerprint density at radius 3 is 2.52 bits per heavy atom. The third-order valence-corrected chi connectivity index (χ3v) is 6.50. The molecule has 0 radical (unpaired) electrons. The lowest BCUT2D eigenvalue weighted by molar-refractivity contribution is -0.148. The maximum atomic E-state index is 13.3. The van der Waals surface area contributed by atoms with E-state index in [4.69, 9.17) is 17.3 Å². The summed E-state index contributed by atoms with van der Waals surface area (Å²) in [6, 6.07) is 3.25. The molecule has 7 nitrogen and oxygen atoms in total. The number of likely N-dealkylation sites (tertiary alicyclic amines) is 1. The summed E-state index contributed by atoms with van der Waals surface area (Å²) in [5, 5.41) is 6.46. The summed E-state index contributed by atoms with van der Waals surface area (Å²) in [4.78, 5) is 25.9. The highest BCUT2D eigenvalue weighted by molar-refractivity contribution is 6.31. The maximum Gasteiger partial charge on any atom is 0.417 e. The molecule has 178 valence electrons. The highest BCUT2D eigenvalue weighted by Crippen LogP contribution is 2.55. The van der Waals surface area contributed by atoms with Gasteiger partial charge in [-0.15, -0.1) is 0 Å². The van der Waals surface area contributed by atoms with Crippen molar-refractivity contribution in [1.82, 2.24) is 20.0 Å². The molecule has 1 aliphatic carbocycles. The van der Waals surface area contributed by atoms with Gasteiger partial charge in [0, 0.05) is 31.1 Å². The molecule has 1 aromatic heterocycles. The zero-order valence-corrected chi connectivity index (χ0v) is 17.9. The second kappa shape index (κ2) is 8.40. The minimum absolute atomic E-state index is 0. The number of hydrogen-bond acceptors (Lipinski definition) is 4. The van der Waals surface area contributed by atoms with Crippen molar-refractivity contribution in [3.8, 4) is 11.3 Å². The summed E-state index contributed by atoms with van der Waals surface area (Å²) in [6.07, 6.45) is -1.99. The smallest absolute Gasteiger partial charge is 0.383 e. The van der Waals surface area contributed by atoms with Crippen molar-refractivity contribution in [2.24, 2.45) is 5.41 Å². The third-order valence-electron chi connectivity index (χ3n) is 6.17. The SMILES string of the molecule is C.C=CC(=O)N1CC2(CC(n3nc(-c4ccc(Cl)c(C(F)(F)F)c4)c(C(=O)NC)c3N)C2)C1. The van der Waals surface area contributed by atoms with Crippen molar-refractivity contribution < 1.29 is 22.8 Å².